The molecular weight excluding hydrogens is 263 g/mol. The largest absolute Gasteiger partial charge is 0.405 e. The number of hydrogen-bond donors (Lipinski definition) is 2. The number of hydrogen-bond acceptors (Lipinski definition) is 3. The molecule has 0 aliphatic rings. The Balaban J connectivity index is 4.41. The Morgan fingerprint density at radius 1 is 1.21 bits per heavy atom. The minimum atomic E-state index is -4.47. The predicted molar refractivity (Wildman–Crippen MR) is 64.2 cm³/mol. The van der Waals surface area contributed by atoms with E-state index in [1.165, 1.54) is 7.05 Å². The van der Waals surface area contributed by atoms with Gasteiger partial charge in [0.2, 0.25) is 11.8 Å². The third-order valence-electron chi connectivity index (χ3n) is 2.90. The van der Waals surface area contributed by atoms with Gasteiger partial charge in [-0.25, -0.2) is 0 Å². The number of halogens is 3. The van der Waals surface area contributed by atoms with Crippen LogP contribution in [0.4, 0.5) is 13.2 Å². The number of nitrogens with two attached hydrogens (primary N) is 1. The lowest BCUT2D eigenvalue weighted by atomic mass is 9.92. The van der Waals surface area contributed by atoms with Crippen LogP contribution in [0.15, 0.2) is 0 Å². The van der Waals surface area contributed by atoms with Crippen LogP contribution in [0.25, 0.3) is 0 Å². The van der Waals surface area contributed by atoms with E-state index < -0.39 is 36.6 Å². The van der Waals surface area contributed by atoms with Gasteiger partial charge >= 0.3 is 6.18 Å². The minimum absolute atomic E-state index is 0.386. The van der Waals surface area contributed by atoms with Crippen molar-refractivity contribution in [3.8, 4) is 0 Å². The van der Waals surface area contributed by atoms with Gasteiger partial charge in [0.25, 0.3) is 0 Å². The molecule has 0 fully saturated rings. The van der Waals surface area contributed by atoms with Gasteiger partial charge in [-0.2, -0.15) is 13.2 Å². The van der Waals surface area contributed by atoms with Crippen molar-refractivity contribution < 1.29 is 22.8 Å². The molecule has 8 heteroatoms. The van der Waals surface area contributed by atoms with E-state index in [0.29, 0.717) is 12.8 Å². The fourth-order valence-electron chi connectivity index (χ4n) is 1.47. The van der Waals surface area contributed by atoms with E-state index in [1.807, 2.05) is 0 Å². The fourth-order valence-corrected chi connectivity index (χ4v) is 1.47. The number of carbonyl (C=O) groups is 2. The number of nitrogens with one attached hydrogen (secondary N) is 1. The minimum Gasteiger partial charge on any atom is -0.345 e. The number of carbonyl (C=O) groups excluding carboxylic acids is 2. The van der Waals surface area contributed by atoms with Crippen LogP contribution >= 0.6 is 0 Å². The molecular formula is C11H20F3N3O2. The standard InChI is InChI=1S/C11H20F3N3O2/c1-4-10(15,5-2)9(19)17(3)6-8(18)16-7-11(12,13)14/h4-7,15H2,1-3H3,(H,16,18). The van der Waals surface area contributed by atoms with Crippen LogP contribution in [0, 0.1) is 0 Å². The van der Waals surface area contributed by atoms with Gasteiger partial charge in [0.1, 0.15) is 6.54 Å². The summed E-state index contributed by atoms with van der Waals surface area (Å²) < 4.78 is 35.7. The molecule has 0 atom stereocenters. The first-order valence-electron chi connectivity index (χ1n) is 5.93. The van der Waals surface area contributed by atoms with E-state index in [9.17, 15) is 22.8 Å². The van der Waals surface area contributed by atoms with E-state index in [1.54, 1.807) is 19.2 Å². The third kappa shape index (κ3) is 5.91. The van der Waals surface area contributed by atoms with E-state index in [2.05, 4.69) is 0 Å². The first-order chi connectivity index (χ1) is 8.55. The fraction of sp³-hybridized carbons (Fsp3) is 0.818. The second-order valence-corrected chi connectivity index (χ2v) is 4.42. The Bertz CT molecular complexity index is 328. The monoisotopic (exact) mass is 283 g/mol. The van der Waals surface area contributed by atoms with Gasteiger partial charge in [-0.05, 0) is 12.8 Å². The van der Waals surface area contributed by atoms with Crippen LogP contribution in [0.3, 0.4) is 0 Å². The Labute approximate surface area is 110 Å². The van der Waals surface area contributed by atoms with Crippen LogP contribution < -0.4 is 11.1 Å². The van der Waals surface area contributed by atoms with Gasteiger partial charge in [0.05, 0.1) is 12.1 Å². The smallest absolute Gasteiger partial charge is 0.345 e. The summed E-state index contributed by atoms with van der Waals surface area (Å²) in [5, 5.41) is 1.70. The summed E-state index contributed by atoms with van der Waals surface area (Å²) in [6.07, 6.45) is -3.70. The van der Waals surface area contributed by atoms with Gasteiger partial charge in [-0.1, -0.05) is 13.8 Å². The average molecular weight is 283 g/mol. The van der Waals surface area contributed by atoms with E-state index in [4.69, 9.17) is 5.73 Å². The molecule has 0 saturated carbocycles. The maximum atomic E-state index is 12.0. The molecule has 5 nitrogen and oxygen atoms in total. The first-order valence-corrected chi connectivity index (χ1v) is 5.93. The molecule has 0 radical (unpaired) electrons. The Hall–Kier alpha value is -1.31. The zero-order valence-corrected chi connectivity index (χ0v) is 11.3. The number of amides is 2. The van der Waals surface area contributed by atoms with Crippen molar-refractivity contribution in [2.45, 2.75) is 38.4 Å². The summed E-state index contributed by atoms with van der Waals surface area (Å²) in [6.45, 7) is 1.61. The van der Waals surface area contributed by atoms with E-state index in [-0.39, 0.29) is 0 Å². The van der Waals surface area contributed by atoms with Crippen LogP contribution in [0.2, 0.25) is 0 Å². The van der Waals surface area contributed by atoms with Gasteiger partial charge < -0.3 is 16.0 Å². The van der Waals surface area contributed by atoms with Gasteiger partial charge in [0, 0.05) is 7.05 Å². The van der Waals surface area contributed by atoms with Crippen molar-refractivity contribution >= 4 is 11.8 Å². The van der Waals surface area contributed by atoms with Crippen molar-refractivity contribution in [1.29, 1.82) is 0 Å². The molecule has 0 heterocycles. The highest BCUT2D eigenvalue weighted by Gasteiger charge is 2.33. The Kier molecular flexibility index (Phi) is 6.28. The molecule has 0 aromatic carbocycles. The van der Waals surface area contributed by atoms with E-state index in [0.717, 1.165) is 4.90 Å². The Morgan fingerprint density at radius 2 is 1.68 bits per heavy atom. The highest BCUT2D eigenvalue weighted by Crippen LogP contribution is 2.14. The average Bonchev–Trinajstić information content (AvgIpc) is 2.33. The molecule has 0 aliphatic heterocycles. The molecule has 0 rings (SSSR count). The number of rotatable bonds is 6. The molecule has 0 unspecified atom stereocenters. The molecule has 2 amide bonds. The number of alkyl halides is 3. The first kappa shape index (κ1) is 17.7. The van der Waals surface area contributed by atoms with Crippen LogP contribution in [-0.2, 0) is 9.59 Å². The van der Waals surface area contributed by atoms with Crippen molar-refractivity contribution in [3.05, 3.63) is 0 Å². The molecule has 3 N–H and O–H groups in total. The normalized spacial score (nSPS) is 12.2. The molecule has 0 saturated heterocycles. The zero-order chi connectivity index (χ0) is 15.3. The van der Waals surface area contributed by atoms with Crippen molar-refractivity contribution in [2.75, 3.05) is 20.1 Å². The molecule has 0 spiro atoms. The summed E-state index contributed by atoms with van der Waals surface area (Å²) in [5.41, 5.74) is 4.77. The highest BCUT2D eigenvalue weighted by molar-refractivity contribution is 5.89. The lowest BCUT2D eigenvalue weighted by Crippen LogP contribution is -2.55. The maximum Gasteiger partial charge on any atom is 0.405 e. The lowest BCUT2D eigenvalue weighted by Gasteiger charge is -2.30. The van der Waals surface area contributed by atoms with Crippen molar-refractivity contribution in [1.82, 2.24) is 10.2 Å². The molecule has 0 aliphatic carbocycles. The quantitative estimate of drug-likeness (QED) is 0.751. The van der Waals surface area contributed by atoms with Crippen LogP contribution in [-0.4, -0.2) is 48.6 Å². The van der Waals surface area contributed by atoms with Crippen molar-refractivity contribution in [3.63, 3.8) is 0 Å². The second-order valence-electron chi connectivity index (χ2n) is 4.42. The molecule has 0 aromatic rings. The molecule has 0 aromatic heterocycles. The van der Waals surface area contributed by atoms with Gasteiger partial charge in [0.15, 0.2) is 0 Å². The maximum absolute atomic E-state index is 12.0. The second kappa shape index (κ2) is 6.74. The summed E-state index contributed by atoms with van der Waals surface area (Å²) in [7, 11) is 1.34. The van der Waals surface area contributed by atoms with Gasteiger partial charge in [-0.15, -0.1) is 0 Å². The lowest BCUT2D eigenvalue weighted by molar-refractivity contribution is -0.143. The molecule has 0 bridgehead atoms. The number of likely N-dealkylation sites (N-methyl/N-ethyl adjacent to an activating group) is 1. The summed E-state index contributed by atoms with van der Waals surface area (Å²) in [6, 6.07) is 0. The van der Waals surface area contributed by atoms with Crippen molar-refractivity contribution in [2.24, 2.45) is 5.73 Å². The summed E-state index contributed by atoms with van der Waals surface area (Å²) in [4.78, 5) is 24.3. The van der Waals surface area contributed by atoms with E-state index >= 15 is 0 Å². The van der Waals surface area contributed by atoms with Crippen LogP contribution in [0.1, 0.15) is 26.7 Å². The van der Waals surface area contributed by atoms with Gasteiger partial charge in [-0.3, -0.25) is 9.59 Å². The summed E-state index contributed by atoms with van der Waals surface area (Å²) in [5.74, 6) is -1.33. The predicted octanol–water partition coefficient (Wildman–Crippen LogP) is 0.641. The SMILES string of the molecule is CCC(N)(CC)C(=O)N(C)CC(=O)NCC(F)(F)F. The highest BCUT2D eigenvalue weighted by atomic mass is 19.4. The number of nitrogens with zero attached hydrogens (tertiary/aromatic N) is 1. The topological polar surface area (TPSA) is 75.4 Å². The molecule has 112 valence electrons. The Morgan fingerprint density at radius 3 is 2.05 bits per heavy atom. The zero-order valence-electron chi connectivity index (χ0n) is 11.3. The van der Waals surface area contributed by atoms with Crippen LogP contribution in [0.5, 0.6) is 0 Å². The molecule has 19 heavy (non-hydrogen) atoms. The third-order valence-corrected chi connectivity index (χ3v) is 2.90. The summed E-state index contributed by atoms with van der Waals surface area (Å²) >= 11 is 0.